The van der Waals surface area contributed by atoms with Gasteiger partial charge in [-0.15, -0.1) is 0 Å². The topological polar surface area (TPSA) is 76.7 Å². The lowest BCUT2D eigenvalue weighted by atomic mass is 10.0. The Morgan fingerprint density at radius 3 is 2.67 bits per heavy atom. The maximum atomic E-state index is 13.0. The number of imidazole rings is 1. The summed E-state index contributed by atoms with van der Waals surface area (Å²) < 4.78 is 16.2. The smallest absolute Gasteiger partial charge is 0.233 e. The van der Waals surface area contributed by atoms with Crippen LogP contribution in [0.4, 0.5) is 0 Å². The number of rotatable bonds is 7. The van der Waals surface area contributed by atoms with E-state index in [0.29, 0.717) is 5.75 Å². The first-order chi connectivity index (χ1) is 14.6. The van der Waals surface area contributed by atoms with Gasteiger partial charge in [0.1, 0.15) is 17.2 Å². The Hall–Kier alpha value is -2.87. The summed E-state index contributed by atoms with van der Waals surface area (Å²) in [4.78, 5) is 22.8. The molecule has 1 aliphatic heterocycles. The van der Waals surface area contributed by atoms with Gasteiger partial charge in [-0.25, -0.2) is 4.98 Å². The highest BCUT2D eigenvalue weighted by Crippen LogP contribution is 2.39. The molecule has 158 valence electrons. The number of fused-ring (bicyclic) bond motifs is 1. The molecule has 2 heterocycles. The molecule has 8 heteroatoms. The SMILES string of the molecule is COc1ccc(OC)c([C@@H]2CCCN2C(=O)CSc2nc3ccc(OC)cc3[nH]2)c1. The van der Waals surface area contributed by atoms with Crippen LogP contribution in [0.15, 0.2) is 41.6 Å². The number of ether oxygens (including phenoxy) is 3. The van der Waals surface area contributed by atoms with Crippen molar-refractivity contribution in [3.05, 3.63) is 42.0 Å². The predicted octanol–water partition coefficient (Wildman–Crippen LogP) is 4.04. The van der Waals surface area contributed by atoms with Crippen LogP contribution in [-0.4, -0.2) is 54.4 Å². The lowest BCUT2D eigenvalue weighted by molar-refractivity contribution is -0.129. The molecule has 1 saturated heterocycles. The Morgan fingerprint density at radius 1 is 1.13 bits per heavy atom. The predicted molar refractivity (Wildman–Crippen MR) is 117 cm³/mol. The number of hydrogen-bond acceptors (Lipinski definition) is 6. The van der Waals surface area contributed by atoms with E-state index >= 15 is 0 Å². The molecular weight excluding hydrogens is 402 g/mol. The Bertz CT molecular complexity index is 1050. The van der Waals surface area contributed by atoms with E-state index < -0.39 is 0 Å². The Labute approximate surface area is 179 Å². The number of likely N-dealkylation sites (tertiary alicyclic amines) is 1. The number of amides is 1. The molecule has 0 spiro atoms. The molecule has 2 aromatic carbocycles. The number of H-pyrrole nitrogens is 1. The molecule has 0 saturated carbocycles. The quantitative estimate of drug-likeness (QED) is 0.574. The molecule has 0 bridgehead atoms. The second-order valence-electron chi connectivity index (χ2n) is 7.07. The molecule has 1 aromatic heterocycles. The summed E-state index contributed by atoms with van der Waals surface area (Å²) in [7, 11) is 4.93. The van der Waals surface area contributed by atoms with Gasteiger partial charge in [0.2, 0.25) is 5.91 Å². The van der Waals surface area contributed by atoms with Crippen LogP contribution >= 0.6 is 11.8 Å². The van der Waals surface area contributed by atoms with Gasteiger partial charge in [-0.3, -0.25) is 4.79 Å². The molecule has 7 nitrogen and oxygen atoms in total. The monoisotopic (exact) mass is 427 g/mol. The van der Waals surface area contributed by atoms with Crippen molar-refractivity contribution in [2.24, 2.45) is 0 Å². The molecule has 3 aromatic rings. The minimum atomic E-state index is -0.0110. The lowest BCUT2D eigenvalue weighted by Gasteiger charge is -2.26. The van der Waals surface area contributed by atoms with Gasteiger partial charge in [0.25, 0.3) is 0 Å². The van der Waals surface area contributed by atoms with Crippen molar-refractivity contribution in [3.8, 4) is 17.2 Å². The summed E-state index contributed by atoms with van der Waals surface area (Å²) in [5.74, 6) is 2.72. The van der Waals surface area contributed by atoms with Crippen LogP contribution in [0.5, 0.6) is 17.2 Å². The van der Waals surface area contributed by atoms with Crippen molar-refractivity contribution >= 4 is 28.7 Å². The highest BCUT2D eigenvalue weighted by molar-refractivity contribution is 7.99. The molecule has 1 N–H and O–H groups in total. The Kier molecular flexibility index (Phi) is 6.03. The largest absolute Gasteiger partial charge is 0.497 e. The van der Waals surface area contributed by atoms with E-state index in [9.17, 15) is 4.79 Å². The minimum absolute atomic E-state index is 0.0110. The van der Waals surface area contributed by atoms with Gasteiger partial charge in [-0.05, 0) is 43.2 Å². The zero-order valence-electron chi connectivity index (χ0n) is 17.3. The first-order valence-corrected chi connectivity index (χ1v) is 10.8. The molecule has 4 rings (SSSR count). The van der Waals surface area contributed by atoms with Crippen LogP contribution in [0, 0.1) is 0 Å². The fourth-order valence-corrected chi connectivity index (χ4v) is 4.63. The summed E-state index contributed by atoms with van der Waals surface area (Å²) in [5.41, 5.74) is 2.74. The maximum absolute atomic E-state index is 13.0. The number of aromatic amines is 1. The molecule has 30 heavy (non-hydrogen) atoms. The van der Waals surface area contributed by atoms with Crippen LogP contribution < -0.4 is 14.2 Å². The van der Waals surface area contributed by atoms with Crippen molar-refractivity contribution in [3.63, 3.8) is 0 Å². The van der Waals surface area contributed by atoms with Crippen LogP contribution in [-0.2, 0) is 4.79 Å². The van der Waals surface area contributed by atoms with Crippen LogP contribution in [0.1, 0.15) is 24.4 Å². The first-order valence-electron chi connectivity index (χ1n) is 9.81. The third kappa shape index (κ3) is 4.05. The van der Waals surface area contributed by atoms with Gasteiger partial charge >= 0.3 is 0 Å². The number of benzene rings is 2. The van der Waals surface area contributed by atoms with E-state index in [4.69, 9.17) is 14.2 Å². The number of carbonyl (C=O) groups is 1. The summed E-state index contributed by atoms with van der Waals surface area (Å²) in [5, 5.41) is 0.723. The second-order valence-corrected chi connectivity index (χ2v) is 8.03. The molecule has 0 aliphatic carbocycles. The number of methoxy groups -OCH3 is 3. The number of aromatic nitrogens is 2. The average Bonchev–Trinajstić information content (AvgIpc) is 3.43. The molecular formula is C22H25N3O4S. The van der Waals surface area contributed by atoms with E-state index in [0.717, 1.165) is 58.4 Å². The second kappa shape index (κ2) is 8.87. The molecule has 1 atom stereocenters. The summed E-state index contributed by atoms with van der Waals surface area (Å²) in [6, 6.07) is 11.4. The average molecular weight is 428 g/mol. The standard InChI is InChI=1S/C22H25N3O4S/c1-27-14-7-9-20(29-3)16(11-14)19-5-4-10-25(19)21(26)13-30-22-23-17-8-6-15(28-2)12-18(17)24-22/h6-9,11-12,19H,4-5,10,13H2,1-3H3,(H,23,24)/t19-/m0/s1. The van der Waals surface area contributed by atoms with E-state index in [1.807, 2.05) is 41.3 Å². The molecule has 0 unspecified atom stereocenters. The number of hydrogen-bond donors (Lipinski definition) is 1. The zero-order chi connectivity index (χ0) is 21.1. The van der Waals surface area contributed by atoms with E-state index in [1.54, 1.807) is 21.3 Å². The summed E-state index contributed by atoms with van der Waals surface area (Å²) in [6.45, 7) is 0.738. The highest BCUT2D eigenvalue weighted by Gasteiger charge is 2.32. The fourth-order valence-electron chi connectivity index (χ4n) is 3.86. The number of thioether (sulfide) groups is 1. The molecule has 1 amide bonds. The fraction of sp³-hybridized carbons (Fsp3) is 0.364. The first kappa shape index (κ1) is 20.4. The van der Waals surface area contributed by atoms with Crippen LogP contribution in [0.2, 0.25) is 0 Å². The minimum Gasteiger partial charge on any atom is -0.497 e. The van der Waals surface area contributed by atoms with Crippen LogP contribution in [0.25, 0.3) is 11.0 Å². The van der Waals surface area contributed by atoms with Gasteiger partial charge in [0, 0.05) is 18.2 Å². The summed E-state index contributed by atoms with van der Waals surface area (Å²) >= 11 is 1.41. The number of carbonyl (C=O) groups excluding carboxylic acids is 1. The van der Waals surface area contributed by atoms with Crippen molar-refractivity contribution in [2.45, 2.75) is 24.0 Å². The molecule has 1 fully saturated rings. The molecule has 1 aliphatic rings. The third-order valence-electron chi connectivity index (χ3n) is 5.37. The van der Waals surface area contributed by atoms with Gasteiger partial charge in [-0.2, -0.15) is 0 Å². The van der Waals surface area contributed by atoms with Gasteiger partial charge in [0.05, 0.1) is 44.2 Å². The van der Waals surface area contributed by atoms with E-state index in [1.165, 1.54) is 11.8 Å². The van der Waals surface area contributed by atoms with Gasteiger partial charge < -0.3 is 24.1 Å². The van der Waals surface area contributed by atoms with Gasteiger partial charge in [0.15, 0.2) is 5.16 Å². The number of nitrogens with zero attached hydrogens (tertiary/aromatic N) is 2. The third-order valence-corrected chi connectivity index (χ3v) is 6.23. The maximum Gasteiger partial charge on any atom is 0.233 e. The summed E-state index contributed by atoms with van der Waals surface area (Å²) in [6.07, 6.45) is 1.87. The normalized spacial score (nSPS) is 16.1. The highest BCUT2D eigenvalue weighted by atomic mass is 32.2. The van der Waals surface area contributed by atoms with E-state index in [-0.39, 0.29) is 11.9 Å². The van der Waals surface area contributed by atoms with Crippen molar-refractivity contribution in [1.29, 1.82) is 0 Å². The van der Waals surface area contributed by atoms with Gasteiger partial charge in [-0.1, -0.05) is 11.8 Å². The molecule has 0 radical (unpaired) electrons. The van der Waals surface area contributed by atoms with Crippen molar-refractivity contribution in [1.82, 2.24) is 14.9 Å². The number of nitrogens with one attached hydrogen (secondary N) is 1. The lowest BCUT2D eigenvalue weighted by Crippen LogP contribution is -2.32. The Balaban J connectivity index is 1.48. The zero-order valence-corrected chi connectivity index (χ0v) is 18.1. The van der Waals surface area contributed by atoms with Crippen LogP contribution in [0.3, 0.4) is 0 Å². The van der Waals surface area contributed by atoms with Crippen molar-refractivity contribution in [2.75, 3.05) is 33.6 Å². The van der Waals surface area contributed by atoms with Crippen molar-refractivity contribution < 1.29 is 19.0 Å². The van der Waals surface area contributed by atoms with E-state index in [2.05, 4.69) is 9.97 Å². The Morgan fingerprint density at radius 2 is 1.90 bits per heavy atom.